The van der Waals surface area contributed by atoms with Gasteiger partial charge in [-0.05, 0) is 39.0 Å². The molecule has 0 amide bonds. The Bertz CT molecular complexity index is 556. The van der Waals surface area contributed by atoms with Crippen LogP contribution in [0.4, 0.5) is 0 Å². The number of rotatable bonds is 1. The Labute approximate surface area is 116 Å². The summed E-state index contributed by atoms with van der Waals surface area (Å²) in [6.07, 6.45) is 0.640. The van der Waals surface area contributed by atoms with Crippen molar-refractivity contribution >= 4 is 17.1 Å². The second-order valence-electron chi connectivity index (χ2n) is 5.32. The first-order chi connectivity index (χ1) is 8.91. The molecule has 0 aliphatic carbocycles. The zero-order valence-corrected chi connectivity index (χ0v) is 12.1. The SMILES string of the molecule is CC(C)(C)[S@+]([O-])N=C1CCOc2cc(C#N)ccc21. The zero-order valence-electron chi connectivity index (χ0n) is 11.3. The van der Waals surface area contributed by atoms with Crippen LogP contribution in [0, 0.1) is 11.3 Å². The maximum atomic E-state index is 12.1. The van der Waals surface area contributed by atoms with Gasteiger partial charge < -0.3 is 9.29 Å². The Kier molecular flexibility index (Phi) is 3.83. The second-order valence-corrected chi connectivity index (χ2v) is 7.23. The number of benzene rings is 1. The molecule has 1 aliphatic rings. The van der Waals surface area contributed by atoms with Crippen molar-refractivity contribution in [2.24, 2.45) is 4.40 Å². The molecule has 1 aromatic rings. The number of hydrogen-bond donors (Lipinski definition) is 0. The molecule has 0 radical (unpaired) electrons. The topological polar surface area (TPSA) is 68.4 Å². The summed E-state index contributed by atoms with van der Waals surface area (Å²) >= 11 is -1.28. The highest BCUT2D eigenvalue weighted by atomic mass is 32.2. The van der Waals surface area contributed by atoms with Crippen molar-refractivity contribution in [1.29, 1.82) is 5.26 Å². The van der Waals surface area contributed by atoms with Crippen LogP contribution in [0.15, 0.2) is 22.6 Å². The van der Waals surface area contributed by atoms with E-state index >= 15 is 0 Å². The minimum atomic E-state index is -1.28. The molecular formula is C14H16N2O2S. The third kappa shape index (κ3) is 3.09. The van der Waals surface area contributed by atoms with Crippen molar-refractivity contribution < 1.29 is 9.29 Å². The Morgan fingerprint density at radius 3 is 2.79 bits per heavy atom. The Hall–Kier alpha value is -1.51. The van der Waals surface area contributed by atoms with E-state index < -0.39 is 11.4 Å². The smallest absolute Gasteiger partial charge is 0.144 e. The molecular weight excluding hydrogens is 260 g/mol. The fourth-order valence-electron chi connectivity index (χ4n) is 1.67. The normalized spacial score (nSPS) is 18.4. The molecule has 19 heavy (non-hydrogen) atoms. The predicted octanol–water partition coefficient (Wildman–Crippen LogP) is 2.59. The molecule has 2 rings (SSSR count). The van der Waals surface area contributed by atoms with Crippen LogP contribution < -0.4 is 4.74 Å². The average Bonchev–Trinajstić information content (AvgIpc) is 2.37. The first kappa shape index (κ1) is 13.9. The van der Waals surface area contributed by atoms with Gasteiger partial charge in [0.05, 0.1) is 18.2 Å². The van der Waals surface area contributed by atoms with Gasteiger partial charge in [-0.1, -0.05) is 4.40 Å². The lowest BCUT2D eigenvalue weighted by Gasteiger charge is -2.22. The van der Waals surface area contributed by atoms with Gasteiger partial charge in [-0.25, -0.2) is 0 Å². The maximum Gasteiger partial charge on any atom is 0.144 e. The van der Waals surface area contributed by atoms with Crippen molar-refractivity contribution in [3.05, 3.63) is 29.3 Å². The quantitative estimate of drug-likeness (QED) is 0.740. The summed E-state index contributed by atoms with van der Waals surface area (Å²) in [5.41, 5.74) is 2.18. The highest BCUT2D eigenvalue weighted by Gasteiger charge is 2.29. The lowest BCUT2D eigenvalue weighted by molar-refractivity contribution is 0.320. The van der Waals surface area contributed by atoms with E-state index in [0.29, 0.717) is 24.3 Å². The van der Waals surface area contributed by atoms with E-state index in [1.807, 2.05) is 26.8 Å². The monoisotopic (exact) mass is 276 g/mol. The Morgan fingerprint density at radius 2 is 2.16 bits per heavy atom. The van der Waals surface area contributed by atoms with Gasteiger partial charge >= 0.3 is 0 Å². The van der Waals surface area contributed by atoms with Gasteiger partial charge in [0.1, 0.15) is 27.6 Å². The van der Waals surface area contributed by atoms with Gasteiger partial charge in [0, 0.05) is 12.0 Å². The summed E-state index contributed by atoms with van der Waals surface area (Å²) in [7, 11) is 0. The minimum absolute atomic E-state index is 0.377. The Balaban J connectivity index is 2.38. The van der Waals surface area contributed by atoms with Gasteiger partial charge in [-0.2, -0.15) is 5.26 Å². The summed E-state index contributed by atoms with van der Waals surface area (Å²) < 4.78 is 21.6. The highest BCUT2D eigenvalue weighted by molar-refractivity contribution is 7.91. The molecule has 1 atom stereocenters. The fraction of sp³-hybridized carbons (Fsp3) is 0.429. The molecule has 0 aromatic heterocycles. The third-order valence-electron chi connectivity index (χ3n) is 2.74. The standard InChI is InChI=1S/C14H16N2O2S/c1-14(2,3)19(17)16-12-6-7-18-13-8-10(9-15)4-5-11(12)13/h4-5,8H,6-7H2,1-3H3/t19-/m0/s1. The van der Waals surface area contributed by atoms with Crippen LogP contribution in [0.5, 0.6) is 5.75 Å². The van der Waals surface area contributed by atoms with E-state index in [-0.39, 0.29) is 4.75 Å². The number of hydrogen-bond acceptors (Lipinski definition) is 4. The van der Waals surface area contributed by atoms with Gasteiger partial charge in [0.15, 0.2) is 0 Å². The van der Waals surface area contributed by atoms with Gasteiger partial charge in [0.2, 0.25) is 0 Å². The van der Waals surface area contributed by atoms with Crippen LogP contribution in [0.1, 0.15) is 38.3 Å². The van der Waals surface area contributed by atoms with Crippen LogP contribution in [0.25, 0.3) is 0 Å². The van der Waals surface area contributed by atoms with Crippen molar-refractivity contribution in [2.45, 2.75) is 31.9 Å². The summed E-state index contributed by atoms with van der Waals surface area (Å²) in [4.78, 5) is 0. The molecule has 0 bridgehead atoms. The molecule has 5 heteroatoms. The number of nitrogens with zero attached hydrogens (tertiary/aromatic N) is 2. The molecule has 4 nitrogen and oxygen atoms in total. The van der Waals surface area contributed by atoms with Crippen LogP contribution in [-0.2, 0) is 11.4 Å². The minimum Gasteiger partial charge on any atom is -0.591 e. The molecule has 0 fully saturated rings. The van der Waals surface area contributed by atoms with Crippen LogP contribution in [0.2, 0.25) is 0 Å². The molecule has 0 N–H and O–H groups in total. The summed E-state index contributed by atoms with van der Waals surface area (Å²) in [5.74, 6) is 0.648. The molecule has 0 saturated carbocycles. The Morgan fingerprint density at radius 1 is 1.42 bits per heavy atom. The zero-order chi connectivity index (χ0) is 14.0. The largest absolute Gasteiger partial charge is 0.591 e. The maximum absolute atomic E-state index is 12.1. The number of fused-ring (bicyclic) bond motifs is 1. The molecule has 1 aromatic carbocycles. The summed E-state index contributed by atoms with van der Waals surface area (Å²) in [6, 6.07) is 7.31. The number of nitriles is 1. The van der Waals surface area contributed by atoms with E-state index in [1.165, 1.54) is 0 Å². The molecule has 0 spiro atoms. The van der Waals surface area contributed by atoms with Crippen LogP contribution in [-0.4, -0.2) is 21.6 Å². The second kappa shape index (κ2) is 5.24. The lowest BCUT2D eigenvalue weighted by Crippen LogP contribution is -2.28. The molecule has 0 unspecified atom stereocenters. The number of ether oxygens (including phenoxy) is 1. The van der Waals surface area contributed by atoms with Gasteiger partial charge in [-0.15, -0.1) is 0 Å². The molecule has 1 heterocycles. The van der Waals surface area contributed by atoms with Crippen LogP contribution in [0.3, 0.4) is 0 Å². The van der Waals surface area contributed by atoms with Crippen molar-refractivity contribution in [1.82, 2.24) is 0 Å². The predicted molar refractivity (Wildman–Crippen MR) is 75.7 cm³/mol. The van der Waals surface area contributed by atoms with Crippen molar-refractivity contribution in [3.8, 4) is 11.8 Å². The summed E-state index contributed by atoms with van der Waals surface area (Å²) in [5, 5.41) is 8.87. The molecule has 1 aliphatic heterocycles. The van der Waals surface area contributed by atoms with E-state index in [2.05, 4.69) is 10.5 Å². The van der Waals surface area contributed by atoms with E-state index in [9.17, 15) is 4.55 Å². The van der Waals surface area contributed by atoms with Crippen molar-refractivity contribution in [3.63, 3.8) is 0 Å². The molecule has 0 saturated heterocycles. The van der Waals surface area contributed by atoms with E-state index in [1.54, 1.807) is 12.1 Å². The molecule has 100 valence electrons. The first-order valence-electron chi connectivity index (χ1n) is 6.08. The first-order valence-corrected chi connectivity index (χ1v) is 7.19. The van der Waals surface area contributed by atoms with Crippen LogP contribution >= 0.6 is 0 Å². The van der Waals surface area contributed by atoms with E-state index in [4.69, 9.17) is 10.00 Å². The van der Waals surface area contributed by atoms with Gasteiger partial charge in [0.25, 0.3) is 0 Å². The van der Waals surface area contributed by atoms with Crippen molar-refractivity contribution in [2.75, 3.05) is 6.61 Å². The lowest BCUT2D eigenvalue weighted by atomic mass is 10.0. The van der Waals surface area contributed by atoms with E-state index in [0.717, 1.165) is 11.3 Å². The highest BCUT2D eigenvalue weighted by Crippen LogP contribution is 2.28. The third-order valence-corrected chi connectivity index (χ3v) is 4.17. The summed E-state index contributed by atoms with van der Waals surface area (Å²) in [6.45, 7) is 6.19. The fourth-order valence-corrected chi connectivity index (χ4v) is 2.34. The average molecular weight is 276 g/mol. The van der Waals surface area contributed by atoms with Gasteiger partial charge in [-0.3, -0.25) is 0 Å².